The summed E-state index contributed by atoms with van der Waals surface area (Å²) in [4.78, 5) is 13.8. The molecular weight excluding hydrogens is 380 g/mol. The number of benzene rings is 1. The normalized spacial score (nSPS) is 12.7. The van der Waals surface area contributed by atoms with Crippen LogP contribution in [0.4, 0.5) is 8.78 Å². The van der Waals surface area contributed by atoms with Crippen molar-refractivity contribution in [2.75, 3.05) is 7.05 Å². The van der Waals surface area contributed by atoms with Crippen LogP contribution in [0.25, 0.3) is 5.57 Å². The first-order valence-corrected chi connectivity index (χ1v) is 10.8. The molecular formula is C26H37F2NO. The number of hydrogen-bond donors (Lipinski definition) is 0. The highest BCUT2D eigenvalue weighted by atomic mass is 19.2. The highest BCUT2D eigenvalue weighted by molar-refractivity contribution is 5.94. The van der Waals surface area contributed by atoms with Crippen molar-refractivity contribution in [3.63, 3.8) is 0 Å². The minimum atomic E-state index is -1.08. The molecule has 0 amide bonds. The standard InChI is InChI=1S/C26H37F2NO/c1-9-11-21(12-10-2)29(8)24(15-17(3)4)19(6)16-18(5)22-13-14-23(20(7)30)26(28)25(22)27/h13-16,21H,9-12H2,1-8H3/b18-16+,24-19+. The highest BCUT2D eigenvalue weighted by Crippen LogP contribution is 2.27. The van der Waals surface area contributed by atoms with Crippen molar-refractivity contribution >= 4 is 11.4 Å². The molecule has 2 nitrogen and oxygen atoms in total. The van der Waals surface area contributed by atoms with Gasteiger partial charge in [0.05, 0.1) is 5.56 Å². The summed E-state index contributed by atoms with van der Waals surface area (Å²) in [6.45, 7) is 13.5. The van der Waals surface area contributed by atoms with Gasteiger partial charge in [-0.15, -0.1) is 0 Å². The average molecular weight is 418 g/mol. The molecule has 0 aromatic heterocycles. The summed E-state index contributed by atoms with van der Waals surface area (Å²) in [5.41, 5.74) is 3.83. The Bertz CT molecular complexity index is 839. The number of likely N-dealkylation sites (N-methyl/N-ethyl adjacent to an activating group) is 1. The number of ketones is 1. The number of hydrogen-bond acceptors (Lipinski definition) is 2. The predicted octanol–water partition coefficient (Wildman–Crippen LogP) is 7.71. The summed E-state index contributed by atoms with van der Waals surface area (Å²) in [7, 11) is 2.11. The zero-order valence-corrected chi connectivity index (χ0v) is 19.8. The summed E-state index contributed by atoms with van der Waals surface area (Å²) in [6, 6.07) is 3.27. The van der Waals surface area contributed by atoms with Crippen molar-refractivity contribution in [1.82, 2.24) is 4.90 Å². The second-order valence-electron chi connectivity index (χ2n) is 8.30. The van der Waals surface area contributed by atoms with Crippen LogP contribution >= 0.6 is 0 Å². The SMILES string of the molecule is CCCC(CCC)N(C)/C(C=C(C)C)=C(C)/C=C(\C)c1ccc(C(C)=O)c(F)c1F. The van der Waals surface area contributed by atoms with Gasteiger partial charge in [0.1, 0.15) is 0 Å². The molecule has 0 aliphatic heterocycles. The van der Waals surface area contributed by atoms with Gasteiger partial charge in [0.15, 0.2) is 17.4 Å². The van der Waals surface area contributed by atoms with E-state index >= 15 is 0 Å². The molecule has 0 aliphatic rings. The molecule has 1 aromatic rings. The molecule has 0 heterocycles. The van der Waals surface area contributed by atoms with Gasteiger partial charge in [-0.25, -0.2) is 8.78 Å². The molecule has 0 bridgehead atoms. The summed E-state index contributed by atoms with van der Waals surface area (Å²) < 4.78 is 28.9. The topological polar surface area (TPSA) is 20.3 Å². The Balaban J connectivity index is 3.49. The first kappa shape index (κ1) is 25.8. The van der Waals surface area contributed by atoms with E-state index in [1.165, 1.54) is 24.6 Å². The van der Waals surface area contributed by atoms with Crippen LogP contribution in [0.1, 0.15) is 90.1 Å². The van der Waals surface area contributed by atoms with Crippen LogP contribution in [0.2, 0.25) is 0 Å². The smallest absolute Gasteiger partial charge is 0.170 e. The fraction of sp³-hybridized carbons (Fsp3) is 0.500. The third kappa shape index (κ3) is 6.65. The fourth-order valence-electron chi connectivity index (χ4n) is 3.76. The molecule has 30 heavy (non-hydrogen) atoms. The van der Waals surface area contributed by atoms with E-state index < -0.39 is 17.4 Å². The number of carbonyl (C=O) groups excluding carboxylic acids is 1. The van der Waals surface area contributed by atoms with Crippen LogP contribution in [0.15, 0.2) is 41.1 Å². The Morgan fingerprint density at radius 3 is 1.90 bits per heavy atom. The van der Waals surface area contributed by atoms with Crippen LogP contribution < -0.4 is 0 Å². The van der Waals surface area contributed by atoms with Gasteiger partial charge >= 0.3 is 0 Å². The number of nitrogens with zero attached hydrogens (tertiary/aromatic N) is 1. The summed E-state index contributed by atoms with van der Waals surface area (Å²) in [5, 5.41) is 0. The van der Waals surface area contributed by atoms with Gasteiger partial charge in [0, 0.05) is 24.4 Å². The third-order valence-corrected chi connectivity index (χ3v) is 5.32. The molecule has 0 atom stereocenters. The summed E-state index contributed by atoms with van der Waals surface area (Å²) in [6.07, 6.45) is 8.47. The molecule has 0 N–H and O–H groups in total. The molecule has 1 rings (SSSR count). The first-order valence-electron chi connectivity index (χ1n) is 10.8. The van der Waals surface area contributed by atoms with Crippen LogP contribution in [-0.4, -0.2) is 23.8 Å². The molecule has 0 saturated carbocycles. The van der Waals surface area contributed by atoms with E-state index in [0.717, 1.165) is 37.0 Å². The van der Waals surface area contributed by atoms with Crippen LogP contribution in [0.3, 0.4) is 0 Å². The molecule has 0 saturated heterocycles. The largest absolute Gasteiger partial charge is 0.371 e. The fourth-order valence-corrected chi connectivity index (χ4v) is 3.76. The van der Waals surface area contributed by atoms with Gasteiger partial charge in [-0.2, -0.15) is 0 Å². The molecule has 0 fully saturated rings. The van der Waals surface area contributed by atoms with Gasteiger partial charge in [-0.1, -0.05) is 44.4 Å². The minimum absolute atomic E-state index is 0.176. The molecule has 4 heteroatoms. The van der Waals surface area contributed by atoms with Crippen molar-refractivity contribution < 1.29 is 13.6 Å². The molecule has 0 spiro atoms. The molecule has 0 unspecified atom stereocenters. The maximum atomic E-state index is 14.6. The lowest BCUT2D eigenvalue weighted by Gasteiger charge is -2.32. The van der Waals surface area contributed by atoms with Crippen molar-refractivity contribution in [2.45, 2.75) is 80.2 Å². The summed E-state index contributed by atoms with van der Waals surface area (Å²) >= 11 is 0. The average Bonchev–Trinajstić information content (AvgIpc) is 2.66. The van der Waals surface area contributed by atoms with Gasteiger partial charge in [-0.3, -0.25) is 4.79 Å². The van der Waals surface area contributed by atoms with Gasteiger partial charge in [0.2, 0.25) is 0 Å². The molecule has 0 aliphatic carbocycles. The Labute approximate surface area is 181 Å². The van der Waals surface area contributed by atoms with E-state index in [4.69, 9.17) is 0 Å². The third-order valence-electron chi connectivity index (χ3n) is 5.32. The zero-order chi connectivity index (χ0) is 23.0. The van der Waals surface area contributed by atoms with E-state index in [1.807, 2.05) is 13.0 Å². The lowest BCUT2D eigenvalue weighted by atomic mass is 9.98. The van der Waals surface area contributed by atoms with E-state index in [0.29, 0.717) is 11.6 Å². The number of halogens is 2. The Morgan fingerprint density at radius 1 is 0.933 bits per heavy atom. The maximum Gasteiger partial charge on any atom is 0.170 e. The van der Waals surface area contributed by atoms with E-state index in [-0.39, 0.29) is 11.1 Å². The first-order chi connectivity index (χ1) is 14.0. The van der Waals surface area contributed by atoms with Crippen molar-refractivity contribution in [1.29, 1.82) is 0 Å². The highest BCUT2D eigenvalue weighted by Gasteiger charge is 2.18. The van der Waals surface area contributed by atoms with Crippen LogP contribution in [0.5, 0.6) is 0 Å². The number of Topliss-reactive ketones (excluding diaryl/α,β-unsaturated/α-hetero) is 1. The predicted molar refractivity (Wildman–Crippen MR) is 124 cm³/mol. The lowest BCUT2D eigenvalue weighted by Crippen LogP contribution is -2.31. The van der Waals surface area contributed by atoms with Gasteiger partial charge < -0.3 is 4.90 Å². The Morgan fingerprint density at radius 2 is 1.43 bits per heavy atom. The van der Waals surface area contributed by atoms with Crippen LogP contribution in [0, 0.1) is 11.6 Å². The van der Waals surface area contributed by atoms with E-state index in [2.05, 4.69) is 45.7 Å². The van der Waals surface area contributed by atoms with Gasteiger partial charge in [-0.05, 0) is 70.7 Å². The van der Waals surface area contributed by atoms with E-state index in [1.54, 1.807) is 6.92 Å². The number of carbonyl (C=O) groups is 1. The lowest BCUT2D eigenvalue weighted by molar-refractivity contribution is 0.101. The van der Waals surface area contributed by atoms with Crippen LogP contribution in [-0.2, 0) is 0 Å². The maximum absolute atomic E-state index is 14.6. The second-order valence-corrected chi connectivity index (χ2v) is 8.30. The molecule has 166 valence electrons. The quantitative estimate of drug-likeness (QED) is 0.287. The van der Waals surface area contributed by atoms with Crippen molar-refractivity contribution in [3.8, 4) is 0 Å². The monoisotopic (exact) mass is 417 g/mol. The molecule has 0 radical (unpaired) electrons. The van der Waals surface area contributed by atoms with E-state index in [9.17, 15) is 13.6 Å². The van der Waals surface area contributed by atoms with Crippen molar-refractivity contribution in [2.24, 2.45) is 0 Å². The Kier molecular flexibility index (Phi) is 10.2. The Hall–Kier alpha value is -2.23. The zero-order valence-electron chi connectivity index (χ0n) is 19.8. The second kappa shape index (κ2) is 11.8. The van der Waals surface area contributed by atoms with Crippen molar-refractivity contribution in [3.05, 3.63) is 63.9 Å². The minimum Gasteiger partial charge on any atom is -0.371 e. The summed E-state index contributed by atoms with van der Waals surface area (Å²) in [5.74, 6) is -2.54. The number of rotatable bonds is 10. The molecule has 1 aromatic carbocycles. The van der Waals surface area contributed by atoms with Gasteiger partial charge in [0.25, 0.3) is 0 Å². The number of allylic oxidation sites excluding steroid dienone is 5.